The van der Waals surface area contributed by atoms with E-state index in [0.717, 1.165) is 6.92 Å². The first kappa shape index (κ1) is 19.2. The Bertz CT molecular complexity index is 521. The molecule has 8 heteroatoms. The van der Waals surface area contributed by atoms with E-state index in [1.807, 2.05) is 0 Å². The van der Waals surface area contributed by atoms with Crippen molar-refractivity contribution in [1.82, 2.24) is 4.90 Å². The summed E-state index contributed by atoms with van der Waals surface area (Å²) >= 11 is 0. The van der Waals surface area contributed by atoms with Crippen LogP contribution in [-0.4, -0.2) is 40.5 Å². The Morgan fingerprint density at radius 1 is 1.22 bits per heavy atom. The van der Waals surface area contributed by atoms with Crippen molar-refractivity contribution in [3.05, 3.63) is 12.2 Å². The molecule has 0 radical (unpaired) electrons. The number of carbonyl (C=O) groups excluding carboxylic acids is 3. The lowest BCUT2D eigenvalue weighted by molar-refractivity contribution is -0.196. The van der Waals surface area contributed by atoms with Gasteiger partial charge in [0.15, 0.2) is 6.10 Å². The molecule has 0 aliphatic heterocycles. The fourth-order valence-electron chi connectivity index (χ4n) is 2.59. The predicted molar refractivity (Wildman–Crippen MR) is 75.1 cm³/mol. The second-order valence-electron chi connectivity index (χ2n) is 6.01. The number of imide groups is 1. The average molecular weight is 335 g/mol. The van der Waals surface area contributed by atoms with Crippen LogP contribution in [0, 0.1) is 0 Å². The van der Waals surface area contributed by atoms with E-state index >= 15 is 0 Å². The highest BCUT2D eigenvalue weighted by molar-refractivity contribution is 6.01. The molecule has 1 fully saturated rings. The number of rotatable bonds is 4. The molecule has 1 rings (SSSR count). The molecule has 1 atom stereocenters. The van der Waals surface area contributed by atoms with E-state index in [-0.39, 0.29) is 23.3 Å². The van der Waals surface area contributed by atoms with E-state index in [1.165, 1.54) is 13.8 Å². The molecular formula is C15H20F3NO4. The number of ether oxygens (including phenoxy) is 1. The quantitative estimate of drug-likeness (QED) is 0.585. The summed E-state index contributed by atoms with van der Waals surface area (Å²) < 4.78 is 43.4. The highest BCUT2D eigenvalue weighted by Crippen LogP contribution is 2.37. The van der Waals surface area contributed by atoms with Crippen molar-refractivity contribution in [3.8, 4) is 0 Å². The zero-order valence-electron chi connectivity index (χ0n) is 13.3. The molecular weight excluding hydrogens is 315 g/mol. The van der Waals surface area contributed by atoms with Gasteiger partial charge in [-0.2, -0.15) is 13.2 Å². The van der Waals surface area contributed by atoms with Crippen LogP contribution < -0.4 is 0 Å². The minimum atomic E-state index is -5.18. The summed E-state index contributed by atoms with van der Waals surface area (Å²) in [5.41, 5.74) is -1.22. The van der Waals surface area contributed by atoms with Gasteiger partial charge in [-0.15, -0.1) is 0 Å². The smallest absolute Gasteiger partial charge is 0.449 e. The van der Waals surface area contributed by atoms with Gasteiger partial charge in [-0.1, -0.05) is 19.4 Å². The summed E-state index contributed by atoms with van der Waals surface area (Å²) in [7, 11) is 0. The van der Waals surface area contributed by atoms with Crippen LogP contribution in [0.5, 0.6) is 0 Å². The van der Waals surface area contributed by atoms with Gasteiger partial charge in [-0.05, 0) is 33.6 Å². The first-order chi connectivity index (χ1) is 10.4. The number of amides is 2. The van der Waals surface area contributed by atoms with Crippen molar-refractivity contribution in [1.29, 1.82) is 0 Å². The topological polar surface area (TPSA) is 63.7 Å². The third-order valence-electron chi connectivity index (χ3n) is 3.87. The normalized spacial score (nSPS) is 18.2. The molecule has 0 aromatic rings. The largest absolute Gasteiger partial charge is 0.471 e. The third kappa shape index (κ3) is 4.33. The second kappa shape index (κ2) is 6.72. The lowest BCUT2D eigenvalue weighted by Gasteiger charge is -2.38. The van der Waals surface area contributed by atoms with Gasteiger partial charge >= 0.3 is 18.1 Å². The summed E-state index contributed by atoms with van der Waals surface area (Å²) in [6, 6.07) is 0. The van der Waals surface area contributed by atoms with E-state index in [9.17, 15) is 27.6 Å². The number of hydrogen-bond donors (Lipinski definition) is 0. The summed E-state index contributed by atoms with van der Waals surface area (Å²) in [5.74, 6) is -4.31. The van der Waals surface area contributed by atoms with E-state index in [4.69, 9.17) is 4.74 Å². The fraction of sp³-hybridized carbons (Fsp3) is 0.667. The van der Waals surface area contributed by atoms with Crippen molar-refractivity contribution in [2.24, 2.45) is 0 Å². The van der Waals surface area contributed by atoms with E-state index in [0.29, 0.717) is 12.8 Å². The minimum Gasteiger partial charge on any atom is -0.449 e. The van der Waals surface area contributed by atoms with Gasteiger partial charge in [0, 0.05) is 11.1 Å². The maximum absolute atomic E-state index is 12.9. The predicted octanol–water partition coefficient (Wildman–Crippen LogP) is 2.74. The first-order valence-corrected chi connectivity index (χ1v) is 7.22. The van der Waals surface area contributed by atoms with Crippen LogP contribution in [0.1, 0.15) is 46.5 Å². The van der Waals surface area contributed by atoms with Crippen LogP contribution in [0.25, 0.3) is 0 Å². The van der Waals surface area contributed by atoms with Crippen molar-refractivity contribution < 1.29 is 32.3 Å². The molecule has 2 amide bonds. The van der Waals surface area contributed by atoms with Gasteiger partial charge in [0.25, 0.3) is 5.91 Å². The molecule has 0 heterocycles. The Kier molecular flexibility index (Phi) is 5.60. The Morgan fingerprint density at radius 3 is 2.09 bits per heavy atom. The molecule has 0 aromatic heterocycles. The zero-order valence-corrected chi connectivity index (χ0v) is 13.3. The van der Waals surface area contributed by atoms with Crippen LogP contribution in [0.4, 0.5) is 13.2 Å². The maximum Gasteiger partial charge on any atom is 0.471 e. The Hall–Kier alpha value is -1.86. The zero-order chi connectivity index (χ0) is 18.0. The number of carbonyl (C=O) groups is 3. The van der Waals surface area contributed by atoms with Crippen LogP contribution in [0.2, 0.25) is 0 Å². The van der Waals surface area contributed by atoms with E-state index < -0.39 is 35.6 Å². The molecule has 5 nitrogen and oxygen atoms in total. The SMILES string of the molecule is C=C(C)C(=O)OC(C)C(=O)N(C(=O)C(F)(F)F)C1(C)CCCC1. The third-order valence-corrected chi connectivity index (χ3v) is 3.87. The maximum atomic E-state index is 12.9. The summed E-state index contributed by atoms with van der Waals surface area (Å²) in [6.07, 6.45) is -4.90. The lowest BCUT2D eigenvalue weighted by atomic mass is 9.96. The van der Waals surface area contributed by atoms with Gasteiger partial charge in [0.2, 0.25) is 0 Å². The van der Waals surface area contributed by atoms with Crippen molar-refractivity contribution >= 4 is 17.8 Å². The Labute approximate surface area is 132 Å². The van der Waals surface area contributed by atoms with Crippen LogP contribution >= 0.6 is 0 Å². The fourth-order valence-corrected chi connectivity index (χ4v) is 2.59. The monoisotopic (exact) mass is 335 g/mol. The molecule has 23 heavy (non-hydrogen) atoms. The van der Waals surface area contributed by atoms with Crippen LogP contribution in [-0.2, 0) is 19.1 Å². The van der Waals surface area contributed by atoms with Gasteiger partial charge < -0.3 is 4.74 Å². The lowest BCUT2D eigenvalue weighted by Crippen LogP contribution is -2.58. The number of hydrogen-bond acceptors (Lipinski definition) is 4. The molecule has 130 valence electrons. The summed E-state index contributed by atoms with van der Waals surface area (Å²) in [6.45, 7) is 7.25. The Morgan fingerprint density at radius 2 is 1.70 bits per heavy atom. The second-order valence-corrected chi connectivity index (χ2v) is 6.01. The first-order valence-electron chi connectivity index (χ1n) is 7.22. The molecule has 0 N–H and O–H groups in total. The number of esters is 1. The number of nitrogens with zero attached hydrogens (tertiary/aromatic N) is 1. The van der Waals surface area contributed by atoms with E-state index in [2.05, 4.69) is 6.58 Å². The summed E-state index contributed by atoms with van der Waals surface area (Å²) in [4.78, 5) is 35.8. The molecule has 0 bridgehead atoms. The Balaban J connectivity index is 3.09. The number of alkyl halides is 3. The van der Waals surface area contributed by atoms with Crippen LogP contribution in [0.15, 0.2) is 12.2 Å². The molecule has 1 saturated carbocycles. The average Bonchev–Trinajstić information content (AvgIpc) is 2.84. The van der Waals surface area contributed by atoms with Crippen molar-refractivity contribution in [3.63, 3.8) is 0 Å². The highest BCUT2D eigenvalue weighted by atomic mass is 19.4. The molecule has 0 aromatic carbocycles. The van der Waals surface area contributed by atoms with Gasteiger partial charge in [0.1, 0.15) is 0 Å². The van der Waals surface area contributed by atoms with Crippen molar-refractivity contribution in [2.45, 2.75) is 64.3 Å². The van der Waals surface area contributed by atoms with Gasteiger partial charge in [-0.25, -0.2) is 4.79 Å². The molecule has 0 saturated heterocycles. The summed E-state index contributed by atoms with van der Waals surface area (Å²) in [5, 5.41) is 0. The molecule has 0 spiro atoms. The molecule has 1 aliphatic rings. The van der Waals surface area contributed by atoms with Gasteiger partial charge in [0.05, 0.1) is 0 Å². The van der Waals surface area contributed by atoms with Crippen molar-refractivity contribution in [2.75, 3.05) is 0 Å². The van der Waals surface area contributed by atoms with E-state index in [1.54, 1.807) is 0 Å². The molecule has 1 unspecified atom stereocenters. The highest BCUT2D eigenvalue weighted by Gasteiger charge is 2.53. The van der Waals surface area contributed by atoms with Crippen LogP contribution in [0.3, 0.4) is 0 Å². The molecule has 1 aliphatic carbocycles. The standard InChI is InChI=1S/C15H20F3NO4/c1-9(2)12(21)23-10(3)11(20)19(13(22)15(16,17)18)14(4)7-5-6-8-14/h10H,1,5-8H2,2-4H3. The minimum absolute atomic E-state index is 0.00502. The van der Waals surface area contributed by atoms with Gasteiger partial charge in [-0.3, -0.25) is 14.5 Å². The number of halogens is 3.